The van der Waals surface area contributed by atoms with Crippen molar-refractivity contribution >= 4 is 5.97 Å². The van der Waals surface area contributed by atoms with Crippen molar-refractivity contribution in [3.8, 4) is 0 Å². The Bertz CT molecular complexity index is 191. The molecule has 0 aromatic heterocycles. The molecule has 0 aliphatic carbocycles. The molecule has 0 heterocycles. The molecule has 0 aromatic carbocycles. The lowest BCUT2D eigenvalue weighted by molar-refractivity contribution is -0.143. The van der Waals surface area contributed by atoms with Crippen LogP contribution in [0.5, 0.6) is 0 Å². The fraction of sp³-hybridized carbons (Fsp3) is 0.889. The third kappa shape index (κ3) is 6.35. The summed E-state index contributed by atoms with van der Waals surface area (Å²) in [4.78, 5) is 12.6. The molecule has 4 nitrogen and oxygen atoms in total. The van der Waals surface area contributed by atoms with Crippen molar-refractivity contribution in [1.82, 2.24) is 10.2 Å². The molecule has 0 aliphatic heterocycles. The molecule has 0 spiro atoms. The van der Waals surface area contributed by atoms with Gasteiger partial charge in [-0.15, -0.1) is 0 Å². The average Bonchev–Trinajstić information content (AvgIpc) is 2.14. The van der Waals surface area contributed by atoms with Gasteiger partial charge >= 0.3 is 5.97 Å². The predicted octanol–water partition coefficient (Wildman–Crippen LogP) is 0.334. The Hall–Kier alpha value is -0.750. The summed E-state index contributed by atoms with van der Waals surface area (Å²) in [6.07, 6.45) is -2.39. The van der Waals surface area contributed by atoms with Crippen molar-refractivity contribution in [1.29, 1.82) is 0 Å². The molecule has 0 rings (SSSR count). The topological polar surface area (TPSA) is 41.6 Å². The minimum Gasteiger partial charge on any atom is -0.468 e. The SMILES string of the molecule is CCNC(CN(C)CC(F)F)C(=O)OC. The number of methoxy groups -OCH3 is 1. The van der Waals surface area contributed by atoms with Gasteiger partial charge in [-0.2, -0.15) is 0 Å². The number of esters is 1. The van der Waals surface area contributed by atoms with E-state index in [1.165, 1.54) is 12.0 Å². The summed E-state index contributed by atoms with van der Waals surface area (Å²) in [7, 11) is 2.82. The first-order valence-corrected chi connectivity index (χ1v) is 4.79. The van der Waals surface area contributed by atoms with Crippen LogP contribution in [-0.2, 0) is 9.53 Å². The minimum absolute atomic E-state index is 0.213. The van der Waals surface area contributed by atoms with Crippen molar-refractivity contribution in [3.63, 3.8) is 0 Å². The summed E-state index contributed by atoms with van der Waals surface area (Å²) >= 11 is 0. The highest BCUT2D eigenvalue weighted by atomic mass is 19.3. The Morgan fingerprint density at radius 1 is 1.47 bits per heavy atom. The fourth-order valence-corrected chi connectivity index (χ4v) is 1.23. The second kappa shape index (κ2) is 7.53. The maximum atomic E-state index is 12.0. The lowest BCUT2D eigenvalue weighted by Gasteiger charge is -2.22. The van der Waals surface area contributed by atoms with Gasteiger partial charge in [0, 0.05) is 6.54 Å². The van der Waals surface area contributed by atoms with Crippen LogP contribution in [-0.4, -0.2) is 57.1 Å². The number of nitrogens with one attached hydrogen (secondary N) is 1. The van der Waals surface area contributed by atoms with E-state index < -0.39 is 18.4 Å². The monoisotopic (exact) mass is 224 g/mol. The number of carbonyl (C=O) groups is 1. The molecule has 1 unspecified atom stereocenters. The highest BCUT2D eigenvalue weighted by Gasteiger charge is 2.20. The zero-order valence-electron chi connectivity index (χ0n) is 9.30. The van der Waals surface area contributed by atoms with E-state index in [-0.39, 0.29) is 13.1 Å². The molecule has 0 fully saturated rings. The summed E-state index contributed by atoms with van der Waals surface area (Å²) < 4.78 is 28.6. The van der Waals surface area contributed by atoms with E-state index in [9.17, 15) is 13.6 Å². The molecule has 6 heteroatoms. The molecule has 0 radical (unpaired) electrons. The number of halogens is 2. The van der Waals surface area contributed by atoms with Crippen LogP contribution in [0.15, 0.2) is 0 Å². The molecular formula is C9H18F2N2O2. The van der Waals surface area contributed by atoms with Crippen LogP contribution in [0, 0.1) is 0 Å². The van der Waals surface area contributed by atoms with Crippen LogP contribution >= 0.6 is 0 Å². The van der Waals surface area contributed by atoms with Gasteiger partial charge in [0.25, 0.3) is 6.43 Å². The number of ether oxygens (including phenoxy) is 1. The van der Waals surface area contributed by atoms with E-state index in [0.29, 0.717) is 6.54 Å². The molecule has 0 saturated heterocycles. The smallest absolute Gasteiger partial charge is 0.324 e. The number of carbonyl (C=O) groups excluding carboxylic acids is 1. The maximum Gasteiger partial charge on any atom is 0.324 e. The maximum absolute atomic E-state index is 12.0. The van der Waals surface area contributed by atoms with E-state index >= 15 is 0 Å². The highest BCUT2D eigenvalue weighted by molar-refractivity contribution is 5.75. The molecular weight excluding hydrogens is 206 g/mol. The molecule has 15 heavy (non-hydrogen) atoms. The van der Waals surface area contributed by atoms with Gasteiger partial charge in [-0.1, -0.05) is 6.92 Å². The first kappa shape index (κ1) is 14.2. The second-order valence-electron chi connectivity index (χ2n) is 3.25. The molecule has 0 bridgehead atoms. The van der Waals surface area contributed by atoms with E-state index in [1.54, 1.807) is 7.05 Å². The quantitative estimate of drug-likeness (QED) is 0.633. The van der Waals surface area contributed by atoms with E-state index in [4.69, 9.17) is 0 Å². The molecule has 1 atom stereocenters. The average molecular weight is 224 g/mol. The van der Waals surface area contributed by atoms with Crippen molar-refractivity contribution in [2.45, 2.75) is 19.4 Å². The number of alkyl halides is 2. The van der Waals surface area contributed by atoms with E-state index in [1.807, 2.05) is 6.92 Å². The third-order valence-corrected chi connectivity index (χ3v) is 1.88. The molecule has 1 N–H and O–H groups in total. The zero-order chi connectivity index (χ0) is 11.8. The predicted molar refractivity (Wildman–Crippen MR) is 53.0 cm³/mol. The first-order valence-electron chi connectivity index (χ1n) is 4.79. The number of hydrogen-bond donors (Lipinski definition) is 1. The van der Waals surface area contributed by atoms with E-state index in [2.05, 4.69) is 10.1 Å². The van der Waals surface area contributed by atoms with Crippen LogP contribution in [0.2, 0.25) is 0 Å². The standard InChI is InChI=1S/C9H18F2N2O2/c1-4-12-7(9(14)15-3)5-13(2)6-8(10)11/h7-8,12H,4-6H2,1-3H3. The molecule has 0 saturated carbocycles. The molecule has 0 aliphatic rings. The summed E-state index contributed by atoms with van der Waals surface area (Å²) in [6, 6.07) is -0.552. The van der Waals surface area contributed by atoms with Crippen molar-refractivity contribution < 1.29 is 18.3 Å². The van der Waals surface area contributed by atoms with Crippen LogP contribution < -0.4 is 5.32 Å². The summed E-state index contributed by atoms with van der Waals surface area (Å²) in [6.45, 7) is 2.29. The Labute approximate surface area is 88.6 Å². The van der Waals surface area contributed by atoms with Crippen molar-refractivity contribution in [2.24, 2.45) is 0 Å². The number of hydrogen-bond acceptors (Lipinski definition) is 4. The van der Waals surface area contributed by atoms with Crippen LogP contribution in [0.3, 0.4) is 0 Å². The van der Waals surface area contributed by atoms with Gasteiger partial charge < -0.3 is 10.1 Å². The van der Waals surface area contributed by atoms with Crippen LogP contribution in [0.1, 0.15) is 6.92 Å². The molecule has 90 valence electrons. The second-order valence-corrected chi connectivity index (χ2v) is 3.25. The van der Waals surface area contributed by atoms with Crippen LogP contribution in [0.25, 0.3) is 0 Å². The van der Waals surface area contributed by atoms with Crippen molar-refractivity contribution in [2.75, 3.05) is 33.8 Å². The number of rotatable bonds is 7. The lowest BCUT2D eigenvalue weighted by Crippen LogP contribution is -2.46. The third-order valence-electron chi connectivity index (χ3n) is 1.88. The summed E-state index contributed by atoms with van der Waals surface area (Å²) in [5, 5.41) is 2.88. The van der Waals surface area contributed by atoms with Gasteiger partial charge in [-0.25, -0.2) is 8.78 Å². The van der Waals surface area contributed by atoms with Gasteiger partial charge in [0.15, 0.2) is 0 Å². The minimum atomic E-state index is -2.39. The Morgan fingerprint density at radius 2 is 2.07 bits per heavy atom. The largest absolute Gasteiger partial charge is 0.468 e. The highest BCUT2D eigenvalue weighted by Crippen LogP contribution is 1.98. The normalized spacial score (nSPS) is 13.3. The molecule has 0 amide bonds. The summed E-state index contributed by atoms with van der Waals surface area (Å²) in [5.74, 6) is -0.432. The number of nitrogens with zero attached hydrogens (tertiary/aromatic N) is 1. The van der Waals surface area contributed by atoms with Gasteiger partial charge in [-0.05, 0) is 13.6 Å². The Kier molecular flexibility index (Phi) is 7.15. The lowest BCUT2D eigenvalue weighted by atomic mass is 10.2. The van der Waals surface area contributed by atoms with E-state index in [0.717, 1.165) is 0 Å². The van der Waals surface area contributed by atoms with Gasteiger partial charge in [0.05, 0.1) is 13.7 Å². The molecule has 0 aromatic rings. The fourth-order valence-electron chi connectivity index (χ4n) is 1.23. The summed E-state index contributed by atoms with van der Waals surface area (Å²) in [5.41, 5.74) is 0. The number of likely N-dealkylation sites (N-methyl/N-ethyl adjacent to an activating group) is 2. The van der Waals surface area contributed by atoms with Crippen LogP contribution in [0.4, 0.5) is 8.78 Å². The Morgan fingerprint density at radius 3 is 2.47 bits per heavy atom. The zero-order valence-corrected chi connectivity index (χ0v) is 9.30. The van der Waals surface area contributed by atoms with Crippen molar-refractivity contribution in [3.05, 3.63) is 0 Å². The Balaban J connectivity index is 4.09. The van der Waals surface area contributed by atoms with Gasteiger partial charge in [-0.3, -0.25) is 9.69 Å². The first-order chi connectivity index (χ1) is 7.01. The van der Waals surface area contributed by atoms with Gasteiger partial charge in [0.1, 0.15) is 6.04 Å². The van der Waals surface area contributed by atoms with Gasteiger partial charge in [0.2, 0.25) is 0 Å².